The molecule has 0 unspecified atom stereocenters. The van der Waals surface area contributed by atoms with Crippen LogP contribution < -0.4 is 4.90 Å². The third kappa shape index (κ3) is 4.99. The molecule has 0 N–H and O–H groups in total. The number of benzene rings is 9. The van der Waals surface area contributed by atoms with E-state index in [0.29, 0.717) is 0 Å². The number of furan rings is 1. The molecule has 0 spiro atoms. The zero-order chi connectivity index (χ0) is 38.2. The largest absolute Gasteiger partial charge is 0.455 e. The maximum atomic E-state index is 6.59. The molecule has 3 heterocycles. The number of aromatic nitrogens is 1. The summed E-state index contributed by atoms with van der Waals surface area (Å²) >= 11 is 1.86. The Kier molecular flexibility index (Phi) is 7.40. The van der Waals surface area contributed by atoms with Gasteiger partial charge in [0.05, 0.1) is 32.8 Å². The van der Waals surface area contributed by atoms with Gasteiger partial charge in [-0.15, -0.1) is 11.3 Å². The van der Waals surface area contributed by atoms with Crippen molar-refractivity contribution in [3.8, 4) is 27.9 Å². The minimum Gasteiger partial charge on any atom is -0.455 e. The smallest absolute Gasteiger partial charge is 0.143 e. The monoisotopic (exact) mass is 758 g/mol. The molecule has 0 fully saturated rings. The predicted molar refractivity (Wildman–Crippen MR) is 247 cm³/mol. The minimum atomic E-state index is 0.898. The summed E-state index contributed by atoms with van der Waals surface area (Å²) in [6, 6.07) is 74.5. The van der Waals surface area contributed by atoms with Crippen molar-refractivity contribution in [3.05, 3.63) is 206 Å². The fourth-order valence-corrected chi connectivity index (χ4v) is 10.3. The Balaban J connectivity index is 1.19. The molecular weight excluding hydrogens is 725 g/mol. The highest BCUT2D eigenvalue weighted by Gasteiger charge is 2.26. The zero-order valence-corrected chi connectivity index (χ0v) is 32.2. The van der Waals surface area contributed by atoms with Crippen LogP contribution in [0.2, 0.25) is 0 Å². The van der Waals surface area contributed by atoms with Gasteiger partial charge in [-0.05, 0) is 71.8 Å². The molecule has 0 aliphatic carbocycles. The SMILES string of the molecule is c1ccc(-c2cc(-c3cccc4c3oc3ccccc34)ccc2N(c2cccc3c2sc2ccccc23)c2cccc3c2c2ccccc2n3-c2ccccc2)cc1. The normalized spacial score (nSPS) is 11.8. The molecule has 0 saturated heterocycles. The summed E-state index contributed by atoms with van der Waals surface area (Å²) in [5, 5.41) is 7.20. The molecule has 3 aromatic heterocycles. The number of hydrogen-bond acceptors (Lipinski definition) is 3. The van der Waals surface area contributed by atoms with Crippen LogP contribution in [0.1, 0.15) is 0 Å². The third-order valence-corrected chi connectivity index (χ3v) is 12.8. The predicted octanol–water partition coefficient (Wildman–Crippen LogP) is 15.9. The van der Waals surface area contributed by atoms with Crippen LogP contribution in [0.15, 0.2) is 211 Å². The van der Waals surface area contributed by atoms with E-state index in [4.69, 9.17) is 4.42 Å². The number of thiophene rings is 1. The summed E-state index contributed by atoms with van der Waals surface area (Å²) in [7, 11) is 0. The average molecular weight is 759 g/mol. The fraction of sp³-hybridized carbons (Fsp3) is 0. The van der Waals surface area contributed by atoms with Crippen molar-refractivity contribution in [1.82, 2.24) is 4.57 Å². The second-order valence-corrected chi connectivity index (χ2v) is 15.9. The van der Waals surface area contributed by atoms with Crippen LogP contribution >= 0.6 is 11.3 Å². The molecule has 0 aliphatic heterocycles. The van der Waals surface area contributed by atoms with Gasteiger partial charge in [0.1, 0.15) is 11.2 Å². The van der Waals surface area contributed by atoms with Gasteiger partial charge in [-0.25, -0.2) is 0 Å². The van der Waals surface area contributed by atoms with Crippen molar-refractivity contribution < 1.29 is 4.42 Å². The van der Waals surface area contributed by atoms with E-state index in [1.807, 2.05) is 17.4 Å². The number of fused-ring (bicyclic) bond motifs is 9. The first-order valence-corrected chi connectivity index (χ1v) is 20.5. The number of anilines is 3. The second-order valence-electron chi connectivity index (χ2n) is 14.8. The Bertz CT molecular complexity index is 3520. The topological polar surface area (TPSA) is 21.3 Å². The number of hydrogen-bond donors (Lipinski definition) is 0. The number of para-hydroxylation sites is 4. The highest BCUT2D eigenvalue weighted by Crippen LogP contribution is 2.51. The first-order valence-electron chi connectivity index (χ1n) is 19.7. The molecule has 0 atom stereocenters. The fourth-order valence-electron chi connectivity index (χ4n) is 9.06. The van der Waals surface area contributed by atoms with E-state index in [9.17, 15) is 0 Å². The first-order chi connectivity index (χ1) is 28.8. The van der Waals surface area contributed by atoms with Crippen LogP contribution in [0, 0.1) is 0 Å². The van der Waals surface area contributed by atoms with Crippen molar-refractivity contribution in [2.75, 3.05) is 4.90 Å². The molecule has 12 rings (SSSR count). The quantitative estimate of drug-likeness (QED) is 0.168. The Morgan fingerprint density at radius 1 is 0.414 bits per heavy atom. The lowest BCUT2D eigenvalue weighted by atomic mass is 9.95. The first kappa shape index (κ1) is 32.8. The molecule has 0 amide bonds. The lowest BCUT2D eigenvalue weighted by Crippen LogP contribution is -2.12. The summed E-state index contributed by atoms with van der Waals surface area (Å²) < 4.78 is 11.5. The molecule has 0 bridgehead atoms. The Morgan fingerprint density at radius 2 is 1.07 bits per heavy atom. The van der Waals surface area contributed by atoms with Crippen LogP contribution in [-0.4, -0.2) is 4.57 Å². The lowest BCUT2D eigenvalue weighted by molar-refractivity contribution is 0.670. The Labute approximate surface area is 338 Å². The molecule has 3 nitrogen and oxygen atoms in total. The van der Waals surface area contributed by atoms with E-state index in [1.165, 1.54) is 36.5 Å². The molecule has 0 radical (unpaired) electrons. The van der Waals surface area contributed by atoms with Gasteiger partial charge in [0.15, 0.2) is 0 Å². The van der Waals surface area contributed by atoms with Gasteiger partial charge >= 0.3 is 0 Å². The van der Waals surface area contributed by atoms with Gasteiger partial charge in [0.25, 0.3) is 0 Å². The maximum absolute atomic E-state index is 6.59. The van der Waals surface area contributed by atoms with Crippen LogP contribution in [0.4, 0.5) is 17.1 Å². The van der Waals surface area contributed by atoms with Gasteiger partial charge in [0.2, 0.25) is 0 Å². The summed E-state index contributed by atoms with van der Waals surface area (Å²) in [6.07, 6.45) is 0. The molecule has 9 aromatic carbocycles. The molecule has 12 aromatic rings. The van der Waals surface area contributed by atoms with E-state index >= 15 is 0 Å². The summed E-state index contributed by atoms with van der Waals surface area (Å²) in [6.45, 7) is 0. The molecular formula is C54H34N2OS. The second kappa shape index (κ2) is 13.1. The molecule has 4 heteroatoms. The van der Waals surface area contributed by atoms with Gasteiger partial charge in [-0.2, -0.15) is 0 Å². The van der Waals surface area contributed by atoms with Crippen LogP contribution in [0.3, 0.4) is 0 Å². The van der Waals surface area contributed by atoms with E-state index < -0.39 is 0 Å². The van der Waals surface area contributed by atoms with Crippen LogP contribution in [-0.2, 0) is 0 Å². The van der Waals surface area contributed by atoms with Crippen LogP contribution in [0.25, 0.3) is 91.9 Å². The Hall–Kier alpha value is -7.40. The molecule has 272 valence electrons. The van der Waals surface area contributed by atoms with Gasteiger partial charge in [-0.1, -0.05) is 146 Å². The summed E-state index contributed by atoms with van der Waals surface area (Å²) in [5.74, 6) is 0. The van der Waals surface area contributed by atoms with Crippen molar-refractivity contribution in [2.24, 2.45) is 0 Å². The molecule has 0 aliphatic rings. The van der Waals surface area contributed by atoms with E-state index in [-0.39, 0.29) is 0 Å². The van der Waals surface area contributed by atoms with Crippen molar-refractivity contribution in [2.45, 2.75) is 0 Å². The summed E-state index contributed by atoms with van der Waals surface area (Å²) in [4.78, 5) is 2.52. The highest BCUT2D eigenvalue weighted by molar-refractivity contribution is 7.26. The Morgan fingerprint density at radius 3 is 1.95 bits per heavy atom. The summed E-state index contributed by atoms with van der Waals surface area (Å²) in [5.41, 5.74) is 13.1. The molecule has 0 saturated carbocycles. The van der Waals surface area contributed by atoms with E-state index in [2.05, 4.69) is 210 Å². The average Bonchev–Trinajstić information content (AvgIpc) is 3.98. The lowest BCUT2D eigenvalue weighted by Gasteiger charge is -2.29. The molecule has 58 heavy (non-hydrogen) atoms. The van der Waals surface area contributed by atoms with Crippen molar-refractivity contribution in [1.29, 1.82) is 0 Å². The van der Waals surface area contributed by atoms with Gasteiger partial charge in [-0.3, -0.25) is 0 Å². The minimum absolute atomic E-state index is 0.898. The number of rotatable bonds is 6. The van der Waals surface area contributed by atoms with Gasteiger partial charge < -0.3 is 13.9 Å². The third-order valence-electron chi connectivity index (χ3n) is 11.6. The highest BCUT2D eigenvalue weighted by atomic mass is 32.1. The van der Waals surface area contributed by atoms with Gasteiger partial charge in [0, 0.05) is 53.8 Å². The maximum Gasteiger partial charge on any atom is 0.143 e. The van der Waals surface area contributed by atoms with E-state index in [0.717, 1.165) is 72.5 Å². The number of nitrogens with zero attached hydrogens (tertiary/aromatic N) is 2. The van der Waals surface area contributed by atoms with Crippen molar-refractivity contribution >= 4 is 92.3 Å². The van der Waals surface area contributed by atoms with E-state index in [1.54, 1.807) is 0 Å². The zero-order valence-electron chi connectivity index (χ0n) is 31.3. The standard InChI is InChI=1S/C54H34N2OS/c1-3-16-35(17-4-1)44-34-36(38-23-13-24-41-39-20-8-11-30-50(39)57-53(38)41)32-33-46(44)56(49-29-14-25-42-40-21-9-12-31-51(40)58-54(42)49)48-28-15-27-47-52(48)43-22-7-10-26-45(43)55(47)37-18-5-2-6-19-37/h1-34H. The van der Waals surface area contributed by atoms with Crippen LogP contribution in [0.5, 0.6) is 0 Å². The van der Waals surface area contributed by atoms with Crippen molar-refractivity contribution in [3.63, 3.8) is 0 Å².